The number of fused-ring (bicyclic) bond motifs is 1. The highest BCUT2D eigenvalue weighted by atomic mass is 35.5. The number of aromatic nitrogens is 2. The molecule has 0 amide bonds. The molecule has 0 aliphatic rings. The van der Waals surface area contributed by atoms with E-state index in [-0.39, 0.29) is 10.0 Å². The summed E-state index contributed by atoms with van der Waals surface area (Å²) in [6.07, 6.45) is 2.19. The molecular weight excluding hydrogens is 349 g/mol. The molecule has 3 aromatic rings. The maximum Gasteiger partial charge on any atom is 0.288 e. The van der Waals surface area contributed by atoms with Crippen molar-refractivity contribution >= 4 is 34.2 Å². The molecule has 2 aromatic heterocycles. The fraction of sp³-hybridized carbons (Fsp3) is 0.294. The fourth-order valence-electron chi connectivity index (χ4n) is 2.70. The van der Waals surface area contributed by atoms with Gasteiger partial charge in [-0.2, -0.15) is 5.10 Å². The van der Waals surface area contributed by atoms with Crippen molar-refractivity contribution in [2.45, 2.75) is 26.6 Å². The van der Waals surface area contributed by atoms with Gasteiger partial charge >= 0.3 is 0 Å². The van der Waals surface area contributed by atoms with Gasteiger partial charge in [0, 0.05) is 23.9 Å². The van der Waals surface area contributed by atoms with Gasteiger partial charge in [-0.25, -0.2) is 4.68 Å². The van der Waals surface area contributed by atoms with Crippen LogP contribution in [0.1, 0.15) is 18.2 Å². The summed E-state index contributed by atoms with van der Waals surface area (Å²) in [5.74, 6) is 0.956. The number of hydrogen-bond acceptors (Lipinski definition) is 4. The van der Waals surface area contributed by atoms with Crippen molar-refractivity contribution in [2.75, 3.05) is 7.05 Å². The zero-order valence-electron chi connectivity index (χ0n) is 13.4. The molecule has 0 N–H and O–H groups in total. The van der Waals surface area contributed by atoms with Crippen LogP contribution in [-0.2, 0) is 19.6 Å². The number of nitrogens with zero attached hydrogens (tertiary/aromatic N) is 3. The third kappa shape index (κ3) is 3.20. The number of furan rings is 1. The van der Waals surface area contributed by atoms with Gasteiger partial charge in [-0.05, 0) is 13.1 Å². The van der Waals surface area contributed by atoms with E-state index in [0.29, 0.717) is 13.2 Å². The van der Waals surface area contributed by atoms with Crippen molar-refractivity contribution < 1.29 is 4.42 Å². The minimum Gasteiger partial charge on any atom is -0.461 e. The van der Waals surface area contributed by atoms with Crippen LogP contribution in [0.25, 0.3) is 11.0 Å². The van der Waals surface area contributed by atoms with Gasteiger partial charge in [0.1, 0.15) is 16.4 Å². The van der Waals surface area contributed by atoms with E-state index < -0.39 is 5.56 Å². The average molecular weight is 366 g/mol. The third-order valence-corrected chi connectivity index (χ3v) is 4.60. The minimum absolute atomic E-state index is 0.0110. The summed E-state index contributed by atoms with van der Waals surface area (Å²) in [5, 5.41) is 5.28. The van der Waals surface area contributed by atoms with Gasteiger partial charge in [0.2, 0.25) is 0 Å². The van der Waals surface area contributed by atoms with Gasteiger partial charge in [-0.15, -0.1) is 0 Å². The van der Waals surface area contributed by atoms with Crippen LogP contribution in [0.4, 0.5) is 0 Å². The molecule has 0 radical (unpaired) electrons. The second-order valence-electron chi connectivity index (χ2n) is 5.62. The first-order valence-electron chi connectivity index (χ1n) is 7.60. The lowest BCUT2D eigenvalue weighted by atomic mass is 10.1. The summed E-state index contributed by atoms with van der Waals surface area (Å²) in [7, 11) is 1.91. The lowest BCUT2D eigenvalue weighted by Gasteiger charge is -2.17. The van der Waals surface area contributed by atoms with E-state index in [2.05, 4.69) is 12.0 Å². The molecule has 24 heavy (non-hydrogen) atoms. The monoisotopic (exact) mass is 365 g/mol. The summed E-state index contributed by atoms with van der Waals surface area (Å²) in [6.45, 7) is 3.00. The van der Waals surface area contributed by atoms with Crippen LogP contribution in [0.5, 0.6) is 0 Å². The molecule has 0 atom stereocenters. The number of rotatable bonds is 5. The van der Waals surface area contributed by atoms with Crippen molar-refractivity contribution in [3.63, 3.8) is 0 Å². The lowest BCUT2D eigenvalue weighted by molar-refractivity contribution is 0.239. The molecule has 0 saturated heterocycles. The molecule has 0 saturated carbocycles. The molecule has 0 spiro atoms. The largest absolute Gasteiger partial charge is 0.461 e. The maximum atomic E-state index is 12.1. The second-order valence-corrected chi connectivity index (χ2v) is 6.41. The molecule has 3 rings (SSSR count). The first-order valence-corrected chi connectivity index (χ1v) is 8.35. The standard InChI is InChI=1S/C17H17Cl2N3O2/c1-3-14-12(11-6-4-5-7-15(11)24-14)9-21(2)10-22-17(23)16(19)13(18)8-20-22/h4-8H,3,9-10H2,1-2H3. The average Bonchev–Trinajstić information content (AvgIpc) is 2.93. The zero-order chi connectivity index (χ0) is 17.3. The van der Waals surface area contributed by atoms with Crippen LogP contribution < -0.4 is 5.56 Å². The summed E-state index contributed by atoms with van der Waals surface area (Å²) in [5.41, 5.74) is 1.61. The number of halogens is 2. The Morgan fingerprint density at radius 1 is 1.29 bits per heavy atom. The summed E-state index contributed by atoms with van der Waals surface area (Å²) >= 11 is 11.7. The second kappa shape index (κ2) is 6.97. The first kappa shape index (κ1) is 17.0. The number of benzene rings is 1. The van der Waals surface area contributed by atoms with Gasteiger partial charge in [0.25, 0.3) is 5.56 Å². The molecule has 0 unspecified atom stereocenters. The Kier molecular flexibility index (Phi) is 4.94. The molecule has 1 aromatic carbocycles. The Morgan fingerprint density at radius 2 is 2.04 bits per heavy atom. The number of aryl methyl sites for hydroxylation is 1. The minimum atomic E-state index is -0.399. The first-order chi connectivity index (χ1) is 11.5. The van der Waals surface area contributed by atoms with E-state index in [1.54, 1.807) is 0 Å². The quantitative estimate of drug-likeness (QED) is 0.686. The fourth-order valence-corrected chi connectivity index (χ4v) is 2.97. The van der Waals surface area contributed by atoms with E-state index in [1.807, 2.05) is 36.2 Å². The highest BCUT2D eigenvalue weighted by molar-refractivity contribution is 6.41. The van der Waals surface area contributed by atoms with Gasteiger partial charge in [-0.3, -0.25) is 9.69 Å². The van der Waals surface area contributed by atoms with Crippen molar-refractivity contribution in [2.24, 2.45) is 0 Å². The van der Waals surface area contributed by atoms with E-state index in [1.165, 1.54) is 10.9 Å². The summed E-state index contributed by atoms with van der Waals surface area (Å²) in [4.78, 5) is 14.1. The Bertz CT molecular complexity index is 933. The predicted molar refractivity (Wildman–Crippen MR) is 95.6 cm³/mol. The maximum absolute atomic E-state index is 12.1. The molecule has 7 heteroatoms. The van der Waals surface area contributed by atoms with E-state index in [0.717, 1.165) is 28.7 Å². The zero-order valence-corrected chi connectivity index (χ0v) is 14.9. The Labute approximate surface area is 149 Å². The van der Waals surface area contributed by atoms with Crippen LogP contribution in [-0.4, -0.2) is 21.7 Å². The molecule has 126 valence electrons. The van der Waals surface area contributed by atoms with E-state index in [4.69, 9.17) is 27.6 Å². The SMILES string of the molecule is CCc1oc2ccccc2c1CN(C)Cn1ncc(Cl)c(Cl)c1=O. The normalized spacial score (nSPS) is 11.5. The third-order valence-electron chi connectivity index (χ3n) is 3.85. The summed E-state index contributed by atoms with van der Waals surface area (Å²) < 4.78 is 7.20. The van der Waals surface area contributed by atoms with Gasteiger partial charge in [0.05, 0.1) is 17.9 Å². The van der Waals surface area contributed by atoms with E-state index >= 15 is 0 Å². The highest BCUT2D eigenvalue weighted by Crippen LogP contribution is 2.27. The highest BCUT2D eigenvalue weighted by Gasteiger charge is 2.15. The van der Waals surface area contributed by atoms with Crippen LogP contribution in [0, 0.1) is 0 Å². The van der Waals surface area contributed by atoms with Crippen molar-refractivity contribution in [1.82, 2.24) is 14.7 Å². The molecule has 0 aliphatic carbocycles. The Hall–Kier alpha value is -1.82. The number of hydrogen-bond donors (Lipinski definition) is 0. The Morgan fingerprint density at radius 3 is 2.79 bits per heavy atom. The molecular formula is C17H17Cl2N3O2. The van der Waals surface area contributed by atoms with Crippen LogP contribution in [0.2, 0.25) is 10.0 Å². The molecule has 2 heterocycles. The van der Waals surface area contributed by atoms with Crippen LogP contribution in [0.15, 0.2) is 39.7 Å². The van der Waals surface area contributed by atoms with Gasteiger partial charge in [-0.1, -0.05) is 48.3 Å². The molecule has 5 nitrogen and oxygen atoms in total. The molecule has 0 aliphatic heterocycles. The molecule has 0 bridgehead atoms. The van der Waals surface area contributed by atoms with Crippen molar-refractivity contribution in [3.05, 3.63) is 62.2 Å². The van der Waals surface area contributed by atoms with Crippen molar-refractivity contribution in [1.29, 1.82) is 0 Å². The van der Waals surface area contributed by atoms with Crippen LogP contribution in [0.3, 0.4) is 0 Å². The lowest BCUT2D eigenvalue weighted by Crippen LogP contribution is -2.31. The topological polar surface area (TPSA) is 51.3 Å². The summed E-state index contributed by atoms with van der Waals surface area (Å²) in [6, 6.07) is 7.96. The van der Waals surface area contributed by atoms with Gasteiger partial charge < -0.3 is 4.42 Å². The molecule has 0 fully saturated rings. The smallest absolute Gasteiger partial charge is 0.288 e. The number of para-hydroxylation sites is 1. The predicted octanol–water partition coefficient (Wildman–Crippen LogP) is 3.95. The van der Waals surface area contributed by atoms with Gasteiger partial charge in [0.15, 0.2) is 0 Å². The Balaban J connectivity index is 1.87. The van der Waals surface area contributed by atoms with Crippen molar-refractivity contribution in [3.8, 4) is 0 Å². The van der Waals surface area contributed by atoms with E-state index in [9.17, 15) is 4.79 Å². The van der Waals surface area contributed by atoms with Crippen LogP contribution >= 0.6 is 23.2 Å².